The second-order valence-corrected chi connectivity index (χ2v) is 8.40. The fourth-order valence-corrected chi connectivity index (χ4v) is 4.54. The fraction of sp³-hybridized carbons (Fsp3) is 0.750. The number of fused-ring (bicyclic) bond motifs is 2. The molecule has 0 aromatic carbocycles. The van der Waals surface area contributed by atoms with Gasteiger partial charge in [0, 0.05) is 0 Å². The van der Waals surface area contributed by atoms with Gasteiger partial charge in [-0.1, -0.05) is 34.7 Å². The minimum atomic E-state index is -5.06. The quantitative estimate of drug-likeness (QED) is 0.227. The molecule has 10 heteroatoms. The predicted molar refractivity (Wildman–Crippen MR) is 79.0 cm³/mol. The zero-order valence-electron chi connectivity index (χ0n) is 11.2. The molecular weight excluding hydrogens is 440 g/mol. The van der Waals surface area contributed by atoms with Gasteiger partial charge in [0.2, 0.25) is 6.10 Å². The molecule has 2 rings (SSSR count). The number of carbonyl (C=O) groups excluding carboxylic acids is 1. The van der Waals surface area contributed by atoms with E-state index in [1.807, 2.05) is 12.2 Å². The van der Waals surface area contributed by atoms with Crippen LogP contribution < -0.4 is 0 Å². The van der Waals surface area contributed by atoms with Crippen LogP contribution in [0.2, 0.25) is 0 Å². The van der Waals surface area contributed by atoms with E-state index < -0.39 is 38.0 Å². The normalized spacial score (nSPS) is 30.3. The number of ether oxygens (including phenoxy) is 1. The van der Waals surface area contributed by atoms with E-state index in [1.165, 1.54) is 0 Å². The first-order chi connectivity index (χ1) is 9.97. The average Bonchev–Trinajstić information content (AvgIpc) is 2.96. The van der Waals surface area contributed by atoms with Gasteiger partial charge < -0.3 is 4.74 Å². The van der Waals surface area contributed by atoms with Gasteiger partial charge in [-0.05, 0) is 30.6 Å². The fourth-order valence-electron chi connectivity index (χ4n) is 2.93. The van der Waals surface area contributed by atoms with Crippen LogP contribution in [-0.4, -0.2) is 40.9 Å². The van der Waals surface area contributed by atoms with E-state index in [2.05, 4.69) is 4.74 Å². The molecule has 5 atom stereocenters. The molecule has 0 aromatic rings. The number of alkyl halides is 4. The van der Waals surface area contributed by atoms with Crippen molar-refractivity contribution in [3.63, 3.8) is 0 Å². The van der Waals surface area contributed by atoms with Gasteiger partial charge in [-0.2, -0.15) is 21.6 Å². The minimum Gasteiger partial charge on any atom is -0.451 e. The smallest absolute Gasteiger partial charge is 0.426 e. The summed E-state index contributed by atoms with van der Waals surface area (Å²) in [5.74, 6) is -2.41. The lowest BCUT2D eigenvalue weighted by atomic mass is 9.90. The third-order valence-corrected chi connectivity index (χ3v) is 6.07. The lowest BCUT2D eigenvalue weighted by Crippen LogP contribution is -2.42. The molecular formula is C12H14F3IO5S. The van der Waals surface area contributed by atoms with Crippen LogP contribution in [0.5, 0.6) is 0 Å². The lowest BCUT2D eigenvalue weighted by molar-refractivity contribution is -0.215. The van der Waals surface area contributed by atoms with Crippen molar-refractivity contribution in [1.29, 1.82) is 0 Å². The van der Waals surface area contributed by atoms with Crippen molar-refractivity contribution in [3.05, 3.63) is 12.2 Å². The molecule has 0 saturated heterocycles. The zero-order chi connectivity index (χ0) is 16.7. The van der Waals surface area contributed by atoms with Gasteiger partial charge in [-0.25, -0.2) is 0 Å². The molecule has 5 nitrogen and oxygen atoms in total. The van der Waals surface area contributed by atoms with E-state index >= 15 is 0 Å². The lowest BCUT2D eigenvalue weighted by Gasteiger charge is -2.25. The summed E-state index contributed by atoms with van der Waals surface area (Å²) in [5, 5.41) is 0. The Bertz CT molecular complexity index is 574. The first kappa shape index (κ1) is 18.0. The minimum absolute atomic E-state index is 0.109. The second kappa shape index (κ2) is 6.27. The van der Waals surface area contributed by atoms with Crippen molar-refractivity contribution in [2.45, 2.75) is 29.0 Å². The Kier molecular flexibility index (Phi) is 5.12. The molecule has 0 radical (unpaired) electrons. The summed E-state index contributed by atoms with van der Waals surface area (Å²) in [7, 11) is -4.92. The van der Waals surface area contributed by atoms with Crippen molar-refractivity contribution in [2.75, 3.05) is 5.75 Å². The Morgan fingerprint density at radius 2 is 2.00 bits per heavy atom. The maximum Gasteiger partial charge on any atom is 0.426 e. The Balaban J connectivity index is 2.03. The molecule has 0 aliphatic heterocycles. The predicted octanol–water partition coefficient (Wildman–Crippen LogP) is 2.36. The van der Waals surface area contributed by atoms with Gasteiger partial charge in [0.25, 0.3) is 10.1 Å². The standard InChI is InChI=1S/C12H14F3IO5S/c13-12(14,15)9(5-22(18,19)20)21-11(17)10(16)8-4-6-1-2-7(8)3-6/h1-2,6-10H,3-5H2,(H,18,19,20). The highest BCUT2D eigenvalue weighted by Crippen LogP contribution is 2.47. The number of allylic oxidation sites excluding steroid dienone is 2. The molecule has 0 aromatic heterocycles. The van der Waals surface area contributed by atoms with Crippen LogP contribution in [-0.2, 0) is 19.6 Å². The monoisotopic (exact) mass is 454 g/mol. The molecule has 2 aliphatic carbocycles. The van der Waals surface area contributed by atoms with Crippen molar-refractivity contribution < 1.29 is 35.7 Å². The first-order valence-electron chi connectivity index (χ1n) is 6.52. The van der Waals surface area contributed by atoms with Gasteiger partial charge in [0.1, 0.15) is 9.68 Å². The Labute approximate surface area is 139 Å². The Morgan fingerprint density at radius 1 is 1.36 bits per heavy atom. The van der Waals surface area contributed by atoms with Crippen LogP contribution in [0.1, 0.15) is 12.8 Å². The van der Waals surface area contributed by atoms with Crippen molar-refractivity contribution in [1.82, 2.24) is 0 Å². The molecule has 0 amide bonds. The number of rotatable bonds is 5. The number of halogens is 4. The number of esters is 1. The van der Waals surface area contributed by atoms with Crippen molar-refractivity contribution >= 4 is 38.7 Å². The number of carbonyl (C=O) groups is 1. The third-order valence-electron chi connectivity index (χ3n) is 3.92. The van der Waals surface area contributed by atoms with E-state index in [1.54, 1.807) is 22.6 Å². The molecule has 5 unspecified atom stereocenters. The molecule has 2 bridgehead atoms. The molecule has 1 saturated carbocycles. The summed E-state index contributed by atoms with van der Waals surface area (Å²) in [4.78, 5) is 11.9. The van der Waals surface area contributed by atoms with Gasteiger partial charge in [0.05, 0.1) is 0 Å². The Hall–Kier alpha value is -0.360. The van der Waals surface area contributed by atoms with Crippen molar-refractivity contribution in [3.8, 4) is 0 Å². The summed E-state index contributed by atoms with van der Waals surface area (Å²) in [5.41, 5.74) is 0. The number of hydrogen-bond donors (Lipinski definition) is 1. The van der Waals surface area contributed by atoms with Crippen LogP contribution in [0.4, 0.5) is 13.2 Å². The molecule has 0 spiro atoms. The van der Waals surface area contributed by atoms with Crippen molar-refractivity contribution in [2.24, 2.45) is 17.8 Å². The molecule has 2 aliphatic rings. The van der Waals surface area contributed by atoms with Gasteiger partial charge in [-0.3, -0.25) is 9.35 Å². The Morgan fingerprint density at radius 3 is 2.41 bits per heavy atom. The zero-order valence-corrected chi connectivity index (χ0v) is 14.1. The highest BCUT2D eigenvalue weighted by molar-refractivity contribution is 14.1. The van der Waals surface area contributed by atoms with E-state index in [-0.39, 0.29) is 11.8 Å². The topological polar surface area (TPSA) is 80.7 Å². The molecule has 22 heavy (non-hydrogen) atoms. The van der Waals surface area contributed by atoms with E-state index in [4.69, 9.17) is 4.55 Å². The summed E-state index contributed by atoms with van der Waals surface area (Å²) < 4.78 is 71.6. The summed E-state index contributed by atoms with van der Waals surface area (Å²) >= 11 is 1.74. The van der Waals surface area contributed by atoms with Crippen LogP contribution in [0.3, 0.4) is 0 Å². The maximum atomic E-state index is 12.7. The molecule has 126 valence electrons. The highest BCUT2D eigenvalue weighted by Gasteiger charge is 2.48. The van der Waals surface area contributed by atoms with E-state index in [9.17, 15) is 26.4 Å². The van der Waals surface area contributed by atoms with Crippen LogP contribution in [0, 0.1) is 17.8 Å². The van der Waals surface area contributed by atoms with Gasteiger partial charge in [0.15, 0.2) is 0 Å². The largest absolute Gasteiger partial charge is 0.451 e. The summed E-state index contributed by atoms with van der Waals surface area (Å²) in [6.45, 7) is 0. The average molecular weight is 454 g/mol. The third kappa shape index (κ3) is 4.34. The van der Waals surface area contributed by atoms with Crippen LogP contribution in [0.25, 0.3) is 0 Å². The first-order valence-corrected chi connectivity index (χ1v) is 9.37. The summed E-state index contributed by atoms with van der Waals surface area (Å²) in [6, 6.07) is 0. The van der Waals surface area contributed by atoms with Crippen LogP contribution in [0.15, 0.2) is 12.2 Å². The molecule has 0 heterocycles. The highest BCUT2D eigenvalue weighted by atomic mass is 127. The van der Waals surface area contributed by atoms with E-state index in [0.29, 0.717) is 12.3 Å². The van der Waals surface area contributed by atoms with E-state index in [0.717, 1.165) is 6.42 Å². The van der Waals surface area contributed by atoms with Gasteiger partial charge in [-0.15, -0.1) is 0 Å². The SMILES string of the molecule is O=C(OC(CS(=O)(=O)O)C(F)(F)F)C(I)C1CC2C=CC1C2. The maximum absolute atomic E-state index is 12.7. The van der Waals surface area contributed by atoms with Gasteiger partial charge >= 0.3 is 12.1 Å². The molecule has 1 fully saturated rings. The van der Waals surface area contributed by atoms with Crippen LogP contribution >= 0.6 is 22.6 Å². The number of hydrogen-bond acceptors (Lipinski definition) is 4. The summed E-state index contributed by atoms with van der Waals surface area (Å²) in [6.07, 6.45) is -2.34. The molecule has 1 N–H and O–H groups in total. The second-order valence-electron chi connectivity index (χ2n) is 5.56.